The topological polar surface area (TPSA) is 82.4 Å². The van der Waals surface area contributed by atoms with Crippen LogP contribution in [-0.4, -0.2) is 41.8 Å². The molecule has 4 rings (SSSR count). The lowest BCUT2D eigenvalue weighted by Crippen LogP contribution is -2.31. The summed E-state index contributed by atoms with van der Waals surface area (Å²) >= 11 is 1.47. The van der Waals surface area contributed by atoms with Gasteiger partial charge in [0.15, 0.2) is 4.91 Å². The maximum absolute atomic E-state index is 12.7. The quantitative estimate of drug-likeness (QED) is 0.329. The normalized spacial score (nSPS) is 15.7. The van der Waals surface area contributed by atoms with Gasteiger partial charge in [-0.1, -0.05) is 25.1 Å². The molecule has 1 unspecified atom stereocenters. The van der Waals surface area contributed by atoms with Gasteiger partial charge in [0.1, 0.15) is 6.07 Å². The molecule has 0 aliphatic carbocycles. The average Bonchev–Trinajstić information content (AvgIpc) is 3.38. The van der Waals surface area contributed by atoms with E-state index >= 15 is 0 Å². The van der Waals surface area contributed by atoms with Crippen molar-refractivity contribution in [2.45, 2.75) is 32.6 Å². The summed E-state index contributed by atoms with van der Waals surface area (Å²) in [6.45, 7) is 4.92. The van der Waals surface area contributed by atoms with Crippen molar-refractivity contribution in [2.24, 2.45) is 5.92 Å². The maximum Gasteiger partial charge on any atom is 0.250 e. The molecule has 36 heavy (non-hydrogen) atoms. The van der Waals surface area contributed by atoms with E-state index in [2.05, 4.69) is 46.0 Å². The van der Waals surface area contributed by atoms with E-state index in [0.717, 1.165) is 34.8 Å². The van der Waals surface area contributed by atoms with E-state index in [0.29, 0.717) is 6.61 Å². The third kappa shape index (κ3) is 6.34. The fourth-order valence-electron chi connectivity index (χ4n) is 4.48. The van der Waals surface area contributed by atoms with Crippen molar-refractivity contribution in [3.05, 3.63) is 58.3 Å². The number of allylic oxidation sites excluding steroid dienone is 1. The number of methoxy groups -OCH3 is 1. The zero-order valence-electron chi connectivity index (χ0n) is 20.9. The summed E-state index contributed by atoms with van der Waals surface area (Å²) in [7, 11) is -2.30. The number of ether oxygens (including phenoxy) is 1. The van der Waals surface area contributed by atoms with Crippen molar-refractivity contribution in [1.29, 1.82) is 5.26 Å². The van der Waals surface area contributed by atoms with Crippen LogP contribution in [0.5, 0.6) is 0 Å². The largest absolute Gasteiger partial charge is 0.384 e. The Bertz CT molecular complexity index is 1370. The number of nitrogens with zero attached hydrogens (tertiary/aromatic N) is 2. The molecule has 1 fully saturated rings. The Hall–Kier alpha value is -2.70. The van der Waals surface area contributed by atoms with Crippen LogP contribution in [0.4, 0.5) is 5.69 Å². The van der Waals surface area contributed by atoms with Gasteiger partial charge in [0, 0.05) is 42.2 Å². The molecule has 0 saturated carbocycles. The predicted molar refractivity (Wildman–Crippen MR) is 149 cm³/mol. The Morgan fingerprint density at radius 2 is 1.89 bits per heavy atom. The van der Waals surface area contributed by atoms with Crippen LogP contribution in [0.15, 0.2) is 53.4 Å². The Kier molecular flexibility index (Phi) is 8.81. The van der Waals surface area contributed by atoms with E-state index in [1.54, 1.807) is 7.11 Å². The summed E-state index contributed by atoms with van der Waals surface area (Å²) in [4.78, 5) is 3.92. The average molecular weight is 524 g/mol. The van der Waals surface area contributed by atoms with Crippen LogP contribution in [0.25, 0.3) is 27.3 Å². The molecule has 2 heterocycles. The van der Waals surface area contributed by atoms with Crippen LogP contribution >= 0.6 is 11.3 Å². The second-order valence-corrected chi connectivity index (χ2v) is 12.0. The van der Waals surface area contributed by atoms with Crippen molar-refractivity contribution < 1.29 is 13.2 Å². The van der Waals surface area contributed by atoms with Gasteiger partial charge >= 0.3 is 0 Å². The molecule has 1 saturated heterocycles. The number of thiophene rings is 1. The molecule has 0 radical (unpaired) electrons. The van der Waals surface area contributed by atoms with E-state index in [-0.39, 0.29) is 17.4 Å². The summed E-state index contributed by atoms with van der Waals surface area (Å²) in [6, 6.07) is 18.7. The van der Waals surface area contributed by atoms with Crippen LogP contribution in [0, 0.1) is 17.2 Å². The van der Waals surface area contributed by atoms with Gasteiger partial charge in [-0.15, -0.1) is 11.3 Å². The standard InChI is InChI=1S/C28H33N3O3S2/c1-3-21(20-34-2)19-30-36(32,33)27(18-29)17-26-11-12-28(35-26)24-8-7-23-16-25(10-9-22(23)15-24)31-13-5-4-6-14-31/h7-12,15-17,21,30H,3-6,13-14,19-20H2,1-2H3/b27-17+. The Morgan fingerprint density at radius 3 is 2.61 bits per heavy atom. The van der Waals surface area contributed by atoms with Crippen LogP contribution in [0.1, 0.15) is 37.5 Å². The molecule has 3 aromatic rings. The fourth-order valence-corrected chi connectivity index (χ4v) is 6.52. The van der Waals surface area contributed by atoms with Gasteiger partial charge in [0.05, 0.1) is 6.61 Å². The van der Waals surface area contributed by atoms with Gasteiger partial charge in [-0.25, -0.2) is 13.1 Å². The monoisotopic (exact) mass is 523 g/mol. The fraction of sp³-hybridized carbons (Fsp3) is 0.393. The highest BCUT2D eigenvalue weighted by atomic mass is 32.2. The second kappa shape index (κ2) is 12.0. The van der Waals surface area contributed by atoms with Gasteiger partial charge in [0.2, 0.25) is 0 Å². The predicted octanol–water partition coefficient (Wildman–Crippen LogP) is 6.02. The minimum absolute atomic E-state index is 0.0573. The second-order valence-electron chi connectivity index (χ2n) is 9.20. The summed E-state index contributed by atoms with van der Waals surface area (Å²) in [5.41, 5.74) is 2.35. The van der Waals surface area contributed by atoms with Crippen molar-refractivity contribution in [2.75, 3.05) is 38.3 Å². The van der Waals surface area contributed by atoms with E-state index in [4.69, 9.17) is 4.74 Å². The number of hydrogen-bond acceptors (Lipinski definition) is 6. The number of nitrogens with one attached hydrogen (secondary N) is 1. The highest BCUT2D eigenvalue weighted by molar-refractivity contribution is 7.93. The van der Waals surface area contributed by atoms with Gasteiger partial charge in [0.25, 0.3) is 10.0 Å². The minimum Gasteiger partial charge on any atom is -0.384 e. The first-order valence-corrected chi connectivity index (χ1v) is 14.7. The molecule has 0 bridgehead atoms. The molecule has 190 valence electrons. The van der Waals surface area contributed by atoms with Crippen molar-refractivity contribution in [3.8, 4) is 16.5 Å². The minimum atomic E-state index is -3.89. The summed E-state index contributed by atoms with van der Waals surface area (Å²) in [6.07, 6.45) is 6.05. The Morgan fingerprint density at radius 1 is 1.14 bits per heavy atom. The summed E-state index contributed by atoms with van der Waals surface area (Å²) < 4.78 is 33.1. The van der Waals surface area contributed by atoms with Gasteiger partial charge in [-0.2, -0.15) is 5.26 Å². The molecular weight excluding hydrogens is 490 g/mol. The molecule has 1 aliphatic heterocycles. The first kappa shape index (κ1) is 26.4. The molecule has 1 atom stereocenters. The number of piperidine rings is 1. The van der Waals surface area contributed by atoms with Crippen LogP contribution in [0.2, 0.25) is 0 Å². The molecule has 1 N–H and O–H groups in total. The van der Waals surface area contributed by atoms with E-state index < -0.39 is 10.0 Å². The maximum atomic E-state index is 12.7. The molecule has 0 spiro atoms. The van der Waals surface area contributed by atoms with Crippen molar-refractivity contribution >= 4 is 43.9 Å². The van der Waals surface area contributed by atoms with E-state index in [9.17, 15) is 13.7 Å². The molecule has 1 aromatic heterocycles. The zero-order chi connectivity index (χ0) is 25.5. The number of rotatable bonds is 10. The molecular formula is C28H33N3O3S2. The SMILES string of the molecule is CCC(CNS(=O)(=O)/C(C#N)=C/c1ccc(-c2ccc3cc(N4CCCCC4)ccc3c2)s1)COC. The number of hydrogen-bond donors (Lipinski definition) is 1. The zero-order valence-corrected chi connectivity index (χ0v) is 22.5. The lowest BCUT2D eigenvalue weighted by molar-refractivity contribution is 0.152. The molecule has 6 nitrogen and oxygen atoms in total. The summed E-state index contributed by atoms with van der Waals surface area (Å²) in [5, 5.41) is 11.9. The first-order valence-electron chi connectivity index (χ1n) is 12.4. The molecule has 0 amide bonds. The summed E-state index contributed by atoms with van der Waals surface area (Å²) in [5.74, 6) is 0.0573. The van der Waals surface area contributed by atoms with Gasteiger partial charge in [-0.05, 0) is 84.3 Å². The Balaban J connectivity index is 1.51. The molecule has 2 aromatic carbocycles. The van der Waals surface area contributed by atoms with Crippen molar-refractivity contribution in [1.82, 2.24) is 4.72 Å². The van der Waals surface area contributed by atoms with Crippen LogP contribution < -0.4 is 9.62 Å². The van der Waals surface area contributed by atoms with Crippen molar-refractivity contribution in [3.63, 3.8) is 0 Å². The molecule has 8 heteroatoms. The third-order valence-corrected chi connectivity index (χ3v) is 9.09. The van der Waals surface area contributed by atoms with Crippen LogP contribution in [-0.2, 0) is 14.8 Å². The number of fused-ring (bicyclic) bond motifs is 1. The van der Waals surface area contributed by atoms with Gasteiger partial charge in [-0.3, -0.25) is 0 Å². The number of nitriles is 1. The number of anilines is 1. The van der Waals surface area contributed by atoms with E-state index in [1.165, 1.54) is 53.1 Å². The highest BCUT2D eigenvalue weighted by Gasteiger charge is 2.20. The smallest absolute Gasteiger partial charge is 0.250 e. The van der Waals surface area contributed by atoms with E-state index in [1.807, 2.05) is 25.1 Å². The third-order valence-electron chi connectivity index (χ3n) is 6.67. The molecule has 1 aliphatic rings. The van der Waals surface area contributed by atoms with Crippen LogP contribution in [0.3, 0.4) is 0 Å². The Labute approximate surface area is 218 Å². The number of benzene rings is 2. The van der Waals surface area contributed by atoms with Gasteiger partial charge < -0.3 is 9.64 Å². The number of sulfonamides is 1. The lowest BCUT2D eigenvalue weighted by Gasteiger charge is -2.29. The first-order chi connectivity index (χ1) is 17.4. The lowest BCUT2D eigenvalue weighted by atomic mass is 10.0. The highest BCUT2D eigenvalue weighted by Crippen LogP contribution is 2.33.